The van der Waals surface area contributed by atoms with Crippen molar-refractivity contribution < 1.29 is 9.47 Å². The maximum atomic E-state index is 6.09. The summed E-state index contributed by atoms with van der Waals surface area (Å²) in [4.78, 5) is 0. The normalized spacial score (nSPS) is 15.2. The van der Waals surface area contributed by atoms with E-state index in [1.165, 1.54) is 11.1 Å². The molecule has 0 amide bonds. The lowest BCUT2D eigenvalue weighted by Crippen LogP contribution is -2.25. The van der Waals surface area contributed by atoms with Crippen LogP contribution in [0.15, 0.2) is 42.5 Å². The fraction of sp³-hybridized carbons (Fsp3) is 0.333. The number of anilines is 1. The van der Waals surface area contributed by atoms with E-state index in [2.05, 4.69) is 37.4 Å². The standard InChI is InChI=1S/C18H21NO2/c1-18(2)11-13-6-4-7-14(17(13)21-18)12-19-15-8-5-9-16(10-15)20-3/h4-10,19H,11-12H2,1-3H3. The lowest BCUT2D eigenvalue weighted by molar-refractivity contribution is 0.137. The zero-order chi connectivity index (χ0) is 14.9. The van der Waals surface area contributed by atoms with Crippen molar-refractivity contribution in [1.82, 2.24) is 0 Å². The van der Waals surface area contributed by atoms with Gasteiger partial charge < -0.3 is 14.8 Å². The number of fused-ring (bicyclic) bond motifs is 1. The average molecular weight is 283 g/mol. The third kappa shape index (κ3) is 2.97. The van der Waals surface area contributed by atoms with E-state index in [9.17, 15) is 0 Å². The molecule has 1 heterocycles. The number of hydrogen-bond donors (Lipinski definition) is 1. The maximum Gasteiger partial charge on any atom is 0.128 e. The molecule has 21 heavy (non-hydrogen) atoms. The highest BCUT2D eigenvalue weighted by molar-refractivity contribution is 5.51. The minimum absolute atomic E-state index is 0.103. The summed E-state index contributed by atoms with van der Waals surface area (Å²) >= 11 is 0. The molecule has 0 fully saturated rings. The van der Waals surface area contributed by atoms with E-state index in [-0.39, 0.29) is 5.60 Å². The average Bonchev–Trinajstić information content (AvgIpc) is 2.79. The Balaban J connectivity index is 1.76. The Morgan fingerprint density at radius 1 is 1.19 bits per heavy atom. The van der Waals surface area contributed by atoms with Crippen molar-refractivity contribution in [3.8, 4) is 11.5 Å². The molecule has 1 aliphatic heterocycles. The number of nitrogens with one attached hydrogen (secondary N) is 1. The Bertz CT molecular complexity index is 649. The summed E-state index contributed by atoms with van der Waals surface area (Å²) in [6.07, 6.45) is 0.968. The Hall–Kier alpha value is -2.16. The van der Waals surface area contributed by atoms with E-state index in [0.717, 1.165) is 30.2 Å². The van der Waals surface area contributed by atoms with Crippen LogP contribution in [0.2, 0.25) is 0 Å². The number of para-hydroxylation sites is 1. The van der Waals surface area contributed by atoms with Gasteiger partial charge in [-0.3, -0.25) is 0 Å². The molecule has 0 unspecified atom stereocenters. The van der Waals surface area contributed by atoms with Gasteiger partial charge in [0.15, 0.2) is 0 Å². The van der Waals surface area contributed by atoms with Crippen molar-refractivity contribution in [2.24, 2.45) is 0 Å². The van der Waals surface area contributed by atoms with Crippen LogP contribution in [-0.4, -0.2) is 12.7 Å². The minimum Gasteiger partial charge on any atom is -0.497 e. The highest BCUT2D eigenvalue weighted by Crippen LogP contribution is 2.37. The second-order valence-electron chi connectivity index (χ2n) is 6.03. The molecule has 0 saturated carbocycles. The highest BCUT2D eigenvalue weighted by Gasteiger charge is 2.31. The molecule has 1 aliphatic rings. The first-order valence-corrected chi connectivity index (χ1v) is 7.25. The van der Waals surface area contributed by atoms with Crippen LogP contribution in [0.1, 0.15) is 25.0 Å². The van der Waals surface area contributed by atoms with Crippen molar-refractivity contribution in [1.29, 1.82) is 0 Å². The molecule has 0 radical (unpaired) electrons. The number of ether oxygens (including phenoxy) is 2. The van der Waals surface area contributed by atoms with Gasteiger partial charge in [0.2, 0.25) is 0 Å². The van der Waals surface area contributed by atoms with E-state index in [4.69, 9.17) is 9.47 Å². The predicted molar refractivity (Wildman–Crippen MR) is 85.2 cm³/mol. The van der Waals surface area contributed by atoms with Crippen molar-refractivity contribution in [3.05, 3.63) is 53.6 Å². The number of benzene rings is 2. The molecule has 0 saturated heterocycles. The summed E-state index contributed by atoms with van der Waals surface area (Å²) in [6.45, 7) is 5.00. The van der Waals surface area contributed by atoms with Gasteiger partial charge in [-0.15, -0.1) is 0 Å². The zero-order valence-corrected chi connectivity index (χ0v) is 12.8. The maximum absolute atomic E-state index is 6.09. The molecular formula is C18H21NO2. The Labute approximate surface area is 125 Å². The monoisotopic (exact) mass is 283 g/mol. The third-order valence-electron chi connectivity index (χ3n) is 3.73. The van der Waals surface area contributed by atoms with Gasteiger partial charge in [-0.1, -0.05) is 24.3 Å². The van der Waals surface area contributed by atoms with Crippen LogP contribution in [0.3, 0.4) is 0 Å². The fourth-order valence-corrected chi connectivity index (χ4v) is 2.75. The van der Waals surface area contributed by atoms with Crippen LogP contribution >= 0.6 is 0 Å². The molecule has 2 aromatic rings. The van der Waals surface area contributed by atoms with Crippen LogP contribution in [0.5, 0.6) is 11.5 Å². The first kappa shape index (κ1) is 13.8. The van der Waals surface area contributed by atoms with E-state index in [1.54, 1.807) is 7.11 Å². The van der Waals surface area contributed by atoms with Crippen LogP contribution in [0.25, 0.3) is 0 Å². The van der Waals surface area contributed by atoms with Crippen LogP contribution in [-0.2, 0) is 13.0 Å². The minimum atomic E-state index is -0.103. The van der Waals surface area contributed by atoms with Crippen molar-refractivity contribution >= 4 is 5.69 Å². The van der Waals surface area contributed by atoms with E-state index >= 15 is 0 Å². The second kappa shape index (κ2) is 5.32. The summed E-state index contributed by atoms with van der Waals surface area (Å²) in [7, 11) is 1.68. The van der Waals surface area contributed by atoms with Gasteiger partial charge in [0.05, 0.1) is 7.11 Å². The molecular weight excluding hydrogens is 262 g/mol. The van der Waals surface area contributed by atoms with Crippen molar-refractivity contribution in [3.63, 3.8) is 0 Å². The Morgan fingerprint density at radius 3 is 2.81 bits per heavy atom. The Morgan fingerprint density at radius 2 is 2.00 bits per heavy atom. The summed E-state index contributed by atoms with van der Waals surface area (Å²) in [5.74, 6) is 1.90. The van der Waals surface area contributed by atoms with Crippen molar-refractivity contribution in [2.45, 2.75) is 32.4 Å². The molecule has 3 rings (SSSR count). The van der Waals surface area contributed by atoms with Gasteiger partial charge in [-0.25, -0.2) is 0 Å². The molecule has 0 spiro atoms. The highest BCUT2D eigenvalue weighted by atomic mass is 16.5. The topological polar surface area (TPSA) is 30.5 Å². The SMILES string of the molecule is COc1cccc(NCc2cccc3c2OC(C)(C)C3)c1. The molecule has 0 aromatic heterocycles. The first-order chi connectivity index (χ1) is 10.1. The lowest BCUT2D eigenvalue weighted by atomic mass is 10.0. The first-order valence-electron chi connectivity index (χ1n) is 7.25. The molecule has 0 aliphatic carbocycles. The van der Waals surface area contributed by atoms with Crippen molar-refractivity contribution in [2.75, 3.05) is 12.4 Å². The summed E-state index contributed by atoms with van der Waals surface area (Å²) in [5.41, 5.74) is 3.43. The van der Waals surface area contributed by atoms with Gasteiger partial charge in [0, 0.05) is 30.3 Å². The largest absolute Gasteiger partial charge is 0.497 e. The van der Waals surface area contributed by atoms with Gasteiger partial charge in [0.1, 0.15) is 17.1 Å². The van der Waals surface area contributed by atoms with Gasteiger partial charge in [-0.05, 0) is 31.5 Å². The fourth-order valence-electron chi connectivity index (χ4n) is 2.75. The van der Waals surface area contributed by atoms with Gasteiger partial charge >= 0.3 is 0 Å². The summed E-state index contributed by atoms with van der Waals surface area (Å²) in [6, 6.07) is 14.3. The molecule has 0 atom stereocenters. The molecule has 2 aromatic carbocycles. The van der Waals surface area contributed by atoms with Gasteiger partial charge in [0.25, 0.3) is 0 Å². The molecule has 1 N–H and O–H groups in total. The predicted octanol–water partition coefficient (Wildman–Crippen LogP) is 4.02. The van der Waals surface area contributed by atoms with Crippen LogP contribution < -0.4 is 14.8 Å². The second-order valence-corrected chi connectivity index (χ2v) is 6.03. The summed E-state index contributed by atoms with van der Waals surface area (Å²) in [5, 5.41) is 3.43. The van der Waals surface area contributed by atoms with Crippen LogP contribution in [0.4, 0.5) is 5.69 Å². The molecule has 3 heteroatoms. The van der Waals surface area contributed by atoms with E-state index < -0.39 is 0 Å². The van der Waals surface area contributed by atoms with Crippen LogP contribution in [0, 0.1) is 0 Å². The molecule has 0 bridgehead atoms. The quantitative estimate of drug-likeness (QED) is 0.919. The summed E-state index contributed by atoms with van der Waals surface area (Å²) < 4.78 is 11.3. The van der Waals surface area contributed by atoms with E-state index in [0.29, 0.717) is 0 Å². The number of rotatable bonds is 4. The van der Waals surface area contributed by atoms with E-state index in [1.807, 2.05) is 24.3 Å². The number of hydrogen-bond acceptors (Lipinski definition) is 3. The number of methoxy groups -OCH3 is 1. The molecule has 110 valence electrons. The third-order valence-corrected chi connectivity index (χ3v) is 3.73. The molecule has 3 nitrogen and oxygen atoms in total. The lowest BCUT2D eigenvalue weighted by Gasteiger charge is -2.18. The van der Waals surface area contributed by atoms with Gasteiger partial charge in [-0.2, -0.15) is 0 Å². The zero-order valence-electron chi connectivity index (χ0n) is 12.8. The smallest absolute Gasteiger partial charge is 0.128 e. The Kier molecular flexibility index (Phi) is 3.50.